The zero-order valence-corrected chi connectivity index (χ0v) is 23.7. The van der Waals surface area contributed by atoms with Crippen molar-refractivity contribution in [2.45, 2.75) is 21.4 Å². The standard InChI is InChI=1S/C19H17BrCl6N4O4/c1-5-31-33-10(3)30(11(4)34-32-6-2)14-8-7-12(9-13(14)20)15-27-16(18(21,22)23)29-17(28-15)19(24,25)26/h7-9H,3-6H2,1-2H3. The molecule has 0 amide bonds. The summed E-state index contributed by atoms with van der Waals surface area (Å²) in [6.45, 7) is 11.7. The lowest BCUT2D eigenvalue weighted by Crippen LogP contribution is -2.24. The Hall–Kier alpha value is -0.750. The molecule has 0 N–H and O–H groups in total. The smallest absolute Gasteiger partial charge is 0.250 e. The second-order valence-electron chi connectivity index (χ2n) is 6.07. The summed E-state index contributed by atoms with van der Waals surface area (Å²) in [6.07, 6.45) is 0. The van der Waals surface area contributed by atoms with Gasteiger partial charge in [-0.15, -0.1) is 0 Å². The van der Waals surface area contributed by atoms with Gasteiger partial charge in [0.25, 0.3) is 0 Å². The van der Waals surface area contributed by atoms with Crippen LogP contribution in [0.5, 0.6) is 0 Å². The van der Waals surface area contributed by atoms with Crippen LogP contribution in [-0.4, -0.2) is 28.2 Å². The van der Waals surface area contributed by atoms with Gasteiger partial charge in [0, 0.05) is 10.0 Å². The number of halogens is 7. The maximum Gasteiger partial charge on any atom is 0.250 e. The molecule has 0 bridgehead atoms. The molecule has 1 aromatic carbocycles. The second kappa shape index (κ2) is 12.5. The first kappa shape index (κ1) is 29.5. The van der Waals surface area contributed by atoms with Gasteiger partial charge < -0.3 is 9.78 Å². The first-order chi connectivity index (χ1) is 15.8. The molecule has 186 valence electrons. The zero-order chi connectivity index (χ0) is 25.7. The summed E-state index contributed by atoms with van der Waals surface area (Å²) in [5.41, 5.74) is 0.965. The predicted octanol–water partition coefficient (Wildman–Crippen LogP) is 7.64. The molecule has 1 aromatic heterocycles. The molecule has 0 aliphatic carbocycles. The molecule has 0 aliphatic heterocycles. The van der Waals surface area contributed by atoms with Gasteiger partial charge in [0.05, 0.1) is 18.9 Å². The third kappa shape index (κ3) is 7.88. The molecule has 0 unspecified atom stereocenters. The number of hydrogen-bond donors (Lipinski definition) is 0. The lowest BCUT2D eigenvalue weighted by molar-refractivity contribution is -0.272. The Balaban J connectivity index is 2.55. The van der Waals surface area contributed by atoms with Crippen LogP contribution in [0.4, 0.5) is 5.69 Å². The van der Waals surface area contributed by atoms with E-state index in [-0.39, 0.29) is 42.5 Å². The van der Waals surface area contributed by atoms with Crippen molar-refractivity contribution >= 4 is 91.2 Å². The fraction of sp³-hybridized carbons (Fsp3) is 0.316. The van der Waals surface area contributed by atoms with Gasteiger partial charge in [-0.1, -0.05) is 69.6 Å². The topological polar surface area (TPSA) is 78.8 Å². The van der Waals surface area contributed by atoms with Gasteiger partial charge >= 0.3 is 0 Å². The Morgan fingerprint density at radius 3 is 1.74 bits per heavy atom. The number of nitrogens with zero attached hydrogens (tertiary/aromatic N) is 4. The monoisotopic (exact) mass is 654 g/mol. The van der Waals surface area contributed by atoms with Crippen LogP contribution in [0.25, 0.3) is 11.4 Å². The highest BCUT2D eigenvalue weighted by Gasteiger charge is 2.34. The zero-order valence-electron chi connectivity index (χ0n) is 17.6. The minimum Gasteiger partial charge on any atom is -0.319 e. The summed E-state index contributed by atoms with van der Waals surface area (Å²) in [5.74, 6) is -0.246. The molecule has 0 saturated heterocycles. The summed E-state index contributed by atoms with van der Waals surface area (Å²) in [6, 6.07) is 4.97. The van der Waals surface area contributed by atoms with Crippen molar-refractivity contribution in [1.82, 2.24) is 15.0 Å². The second-order valence-corrected chi connectivity index (χ2v) is 11.5. The maximum absolute atomic E-state index is 5.95. The van der Waals surface area contributed by atoms with E-state index in [4.69, 9.17) is 89.2 Å². The van der Waals surface area contributed by atoms with Crippen LogP contribution in [0.1, 0.15) is 25.5 Å². The van der Waals surface area contributed by atoms with Crippen molar-refractivity contribution in [3.8, 4) is 11.4 Å². The highest BCUT2D eigenvalue weighted by molar-refractivity contribution is 9.10. The lowest BCUT2D eigenvalue weighted by atomic mass is 10.2. The van der Waals surface area contributed by atoms with E-state index in [2.05, 4.69) is 44.0 Å². The van der Waals surface area contributed by atoms with Crippen molar-refractivity contribution < 1.29 is 19.6 Å². The van der Waals surface area contributed by atoms with Gasteiger partial charge in [-0.05, 0) is 61.1 Å². The van der Waals surface area contributed by atoms with E-state index in [9.17, 15) is 0 Å². The Labute approximate surface area is 234 Å². The Kier molecular flexibility index (Phi) is 10.8. The normalized spacial score (nSPS) is 11.8. The van der Waals surface area contributed by atoms with Crippen molar-refractivity contribution in [1.29, 1.82) is 0 Å². The van der Waals surface area contributed by atoms with Gasteiger partial charge in [-0.25, -0.2) is 19.9 Å². The lowest BCUT2D eigenvalue weighted by Gasteiger charge is -2.26. The summed E-state index contributed by atoms with van der Waals surface area (Å²) in [4.78, 5) is 34.1. The molecule has 0 radical (unpaired) electrons. The number of hydrogen-bond acceptors (Lipinski definition) is 8. The number of anilines is 1. The quantitative estimate of drug-likeness (QED) is 0.112. The van der Waals surface area contributed by atoms with Gasteiger partial charge in [-0.2, -0.15) is 9.78 Å². The molecule has 0 fully saturated rings. The Morgan fingerprint density at radius 1 is 0.882 bits per heavy atom. The molecule has 34 heavy (non-hydrogen) atoms. The van der Waals surface area contributed by atoms with Gasteiger partial charge in [0.1, 0.15) is 0 Å². The van der Waals surface area contributed by atoms with Gasteiger partial charge in [0.15, 0.2) is 17.5 Å². The van der Waals surface area contributed by atoms with Gasteiger partial charge in [0.2, 0.25) is 19.4 Å². The molecule has 8 nitrogen and oxygen atoms in total. The van der Waals surface area contributed by atoms with Crippen LogP contribution in [0.2, 0.25) is 0 Å². The maximum atomic E-state index is 5.95. The van der Waals surface area contributed by atoms with E-state index in [0.29, 0.717) is 15.7 Å². The van der Waals surface area contributed by atoms with E-state index >= 15 is 0 Å². The fourth-order valence-electron chi connectivity index (χ4n) is 2.32. The molecule has 2 rings (SSSR count). The van der Waals surface area contributed by atoms with E-state index in [1.54, 1.807) is 32.0 Å². The molecule has 15 heteroatoms. The van der Waals surface area contributed by atoms with Crippen LogP contribution in [0, 0.1) is 0 Å². The largest absolute Gasteiger partial charge is 0.319 e. The van der Waals surface area contributed by atoms with Crippen molar-refractivity contribution in [3.63, 3.8) is 0 Å². The van der Waals surface area contributed by atoms with Crippen LogP contribution >= 0.6 is 85.5 Å². The van der Waals surface area contributed by atoms with Crippen LogP contribution in [-0.2, 0) is 27.1 Å². The SMILES string of the molecule is C=C(OOCC)N(C(=C)OOCC)c1ccc(-c2nc(C(Cl)(Cl)Cl)nc(C(Cl)(Cl)Cl)n2)cc1Br. The third-order valence-corrected chi connectivity index (χ3v) is 5.28. The minimum absolute atomic E-state index is 0.0529. The van der Waals surface area contributed by atoms with E-state index in [0.717, 1.165) is 0 Å². The average molecular weight is 658 g/mol. The highest BCUT2D eigenvalue weighted by Crippen LogP contribution is 2.41. The van der Waals surface area contributed by atoms with Crippen molar-refractivity contribution in [2.24, 2.45) is 0 Å². The first-order valence-electron chi connectivity index (χ1n) is 9.26. The molecule has 2 aromatic rings. The van der Waals surface area contributed by atoms with E-state index < -0.39 is 7.59 Å². The van der Waals surface area contributed by atoms with Crippen molar-refractivity contribution in [3.05, 3.63) is 59.2 Å². The summed E-state index contributed by atoms with van der Waals surface area (Å²) >= 11 is 39.2. The number of aromatic nitrogens is 3. The molecular formula is C19H17BrCl6N4O4. The van der Waals surface area contributed by atoms with Crippen LogP contribution in [0.3, 0.4) is 0 Å². The average Bonchev–Trinajstić information content (AvgIpc) is 2.75. The number of alkyl halides is 6. The summed E-state index contributed by atoms with van der Waals surface area (Å²) in [5, 5.41) is 0. The van der Waals surface area contributed by atoms with Crippen LogP contribution in [0.15, 0.2) is 47.6 Å². The van der Waals surface area contributed by atoms with Gasteiger partial charge in [-0.3, -0.25) is 0 Å². The van der Waals surface area contributed by atoms with E-state index in [1.807, 2.05) is 0 Å². The summed E-state index contributed by atoms with van der Waals surface area (Å²) in [7, 11) is 0. The molecular weight excluding hydrogens is 641 g/mol. The fourth-order valence-corrected chi connectivity index (χ4v) is 3.39. The number of benzene rings is 1. The van der Waals surface area contributed by atoms with E-state index in [1.165, 1.54) is 4.90 Å². The molecule has 0 aliphatic rings. The Bertz CT molecular complexity index is 996. The highest BCUT2D eigenvalue weighted by atomic mass is 79.9. The Morgan fingerprint density at radius 2 is 1.35 bits per heavy atom. The predicted molar refractivity (Wildman–Crippen MR) is 138 cm³/mol. The first-order valence-corrected chi connectivity index (χ1v) is 12.3. The number of rotatable bonds is 10. The van der Waals surface area contributed by atoms with Crippen LogP contribution < -0.4 is 4.90 Å². The van der Waals surface area contributed by atoms with Crippen molar-refractivity contribution in [2.75, 3.05) is 18.1 Å². The minimum atomic E-state index is -1.99. The molecule has 0 spiro atoms. The summed E-state index contributed by atoms with van der Waals surface area (Å²) < 4.78 is -3.46. The molecule has 0 atom stereocenters. The third-order valence-electron chi connectivity index (χ3n) is 3.63. The molecule has 0 saturated carbocycles. The molecule has 1 heterocycles.